The topological polar surface area (TPSA) is 183 Å². The Balaban J connectivity index is 1.36. The second kappa shape index (κ2) is 22.8. The summed E-state index contributed by atoms with van der Waals surface area (Å²) in [5.41, 5.74) is -0.321. The van der Waals surface area contributed by atoms with Crippen LogP contribution in [0.1, 0.15) is 97.8 Å². The van der Waals surface area contributed by atoms with Crippen LogP contribution in [-0.2, 0) is 53.3 Å². The molecule has 0 saturated heterocycles. The number of fused-ring (bicyclic) bond motifs is 5. The first kappa shape index (κ1) is 47.3. The molecule has 0 heterocycles. The molecule has 4 fully saturated rings. The van der Waals surface area contributed by atoms with Crippen molar-refractivity contribution in [3.8, 4) is 0 Å². The van der Waals surface area contributed by atoms with E-state index in [1.165, 1.54) is 21.3 Å². The third kappa shape index (κ3) is 12.1. The number of nitrogens with one attached hydrogen (secondary N) is 1. The number of nitrogens with zero attached hydrogens (tertiary/aromatic N) is 3. The highest BCUT2D eigenvalue weighted by Crippen LogP contribution is 2.67. The summed E-state index contributed by atoms with van der Waals surface area (Å²) in [6, 6.07) is 0.0518. The predicted molar refractivity (Wildman–Crippen MR) is 207 cm³/mol. The molecule has 0 bridgehead atoms. The van der Waals surface area contributed by atoms with Crippen LogP contribution in [0.15, 0.2) is 0 Å². The van der Waals surface area contributed by atoms with E-state index in [0.29, 0.717) is 74.9 Å². The number of carboxylic acid groups (broad SMARTS) is 1. The first-order valence-corrected chi connectivity index (χ1v) is 21.0. The van der Waals surface area contributed by atoms with Gasteiger partial charge in [-0.05, 0) is 98.7 Å². The summed E-state index contributed by atoms with van der Waals surface area (Å²) in [6.07, 6.45) is 9.80. The van der Waals surface area contributed by atoms with Crippen LogP contribution < -0.4 is 5.32 Å². The molecule has 1 amide bonds. The summed E-state index contributed by atoms with van der Waals surface area (Å²) >= 11 is 0. The average Bonchev–Trinajstić information content (AvgIpc) is 3.55. The van der Waals surface area contributed by atoms with Gasteiger partial charge in [0.1, 0.15) is 38.0 Å². The highest BCUT2D eigenvalue weighted by atomic mass is 17.2. The molecule has 4 saturated carbocycles. The van der Waals surface area contributed by atoms with Crippen LogP contribution in [0.5, 0.6) is 0 Å². The van der Waals surface area contributed by atoms with E-state index in [2.05, 4.69) is 26.1 Å². The molecule has 2 N–H and O–H groups in total. The smallest absolute Gasteiger partial charge is 0.303 e. The van der Waals surface area contributed by atoms with Gasteiger partial charge in [-0.3, -0.25) is 29.1 Å². The zero-order chi connectivity index (χ0) is 41.6. The lowest BCUT2D eigenvalue weighted by Crippen LogP contribution is -2.58. The lowest BCUT2D eigenvalue weighted by Gasteiger charge is -2.60. The second-order valence-electron chi connectivity index (χ2n) is 17.3. The van der Waals surface area contributed by atoms with E-state index in [1.54, 1.807) is 9.80 Å². The van der Waals surface area contributed by atoms with Crippen molar-refractivity contribution >= 4 is 30.2 Å². The van der Waals surface area contributed by atoms with Crippen LogP contribution in [0.25, 0.3) is 0 Å². The fourth-order valence-corrected chi connectivity index (χ4v) is 11.4. The Hall–Kier alpha value is -2.41. The second-order valence-corrected chi connectivity index (χ2v) is 17.3. The molecule has 4 unspecified atom stereocenters. The molecule has 0 aromatic rings. The molecule has 0 spiro atoms. The van der Waals surface area contributed by atoms with Crippen LogP contribution in [0.4, 0.5) is 0 Å². The van der Waals surface area contributed by atoms with E-state index < -0.39 is 12.2 Å². The molecule has 4 aliphatic rings. The molecule has 4 rings (SSSR count). The molecule has 4 aliphatic carbocycles. The molecule has 0 radical (unpaired) electrons. The maximum absolute atomic E-state index is 14.2. The van der Waals surface area contributed by atoms with Gasteiger partial charge in [-0.15, -0.1) is 0 Å². The monoisotopic (exact) mass is 810 g/mol. The first-order chi connectivity index (χ1) is 27.4. The molecule has 0 aliphatic heterocycles. The van der Waals surface area contributed by atoms with Gasteiger partial charge in [-0.25, -0.2) is 29.3 Å². The SMILES string of the molecule is COOCN(CCN(CCN(CC=O)CC=O)[C@@H](CCC(=O)N[C@H]1CC[C@]2(C)C3CC(=O)[C@@]4(C)C(CC[C@@H]4C(C)CCC(=O)O)C3CC[C@@H]2C1)OOC)COOC. The Morgan fingerprint density at radius 2 is 1.53 bits per heavy atom. The Kier molecular flexibility index (Phi) is 18.9. The van der Waals surface area contributed by atoms with Crippen LogP contribution >= 0.6 is 0 Å². The number of amides is 1. The highest BCUT2D eigenvalue weighted by molar-refractivity contribution is 5.87. The number of aliphatic carboxylic acids is 1. The average molecular weight is 811 g/mol. The highest BCUT2D eigenvalue weighted by Gasteiger charge is 2.64. The van der Waals surface area contributed by atoms with E-state index in [-0.39, 0.29) is 74.0 Å². The van der Waals surface area contributed by atoms with Crippen molar-refractivity contribution in [1.82, 2.24) is 20.0 Å². The number of carbonyl (C=O) groups excluding carboxylic acids is 4. The van der Waals surface area contributed by atoms with Gasteiger partial charge in [0.05, 0.1) is 34.4 Å². The molecular formula is C41H70N4O12. The minimum Gasteiger partial charge on any atom is -0.481 e. The van der Waals surface area contributed by atoms with Crippen molar-refractivity contribution in [3.05, 3.63) is 0 Å². The molecule has 0 aromatic carbocycles. The van der Waals surface area contributed by atoms with Crippen molar-refractivity contribution in [2.24, 2.45) is 46.3 Å². The number of aldehydes is 2. The maximum atomic E-state index is 14.2. The molecular weight excluding hydrogens is 740 g/mol. The van der Waals surface area contributed by atoms with E-state index in [4.69, 9.17) is 29.3 Å². The summed E-state index contributed by atoms with van der Waals surface area (Å²) in [5, 5.41) is 12.6. The van der Waals surface area contributed by atoms with E-state index in [0.717, 1.165) is 57.5 Å². The minimum atomic E-state index is -0.771. The van der Waals surface area contributed by atoms with E-state index >= 15 is 0 Å². The largest absolute Gasteiger partial charge is 0.481 e. The third-order valence-corrected chi connectivity index (χ3v) is 14.5. The number of carbonyl (C=O) groups is 5. The van der Waals surface area contributed by atoms with Gasteiger partial charge in [0.15, 0.2) is 0 Å². The summed E-state index contributed by atoms with van der Waals surface area (Å²) in [7, 11) is 4.24. The number of rotatable bonds is 27. The summed E-state index contributed by atoms with van der Waals surface area (Å²) in [5.74, 6) is 1.64. The summed E-state index contributed by atoms with van der Waals surface area (Å²) in [4.78, 5) is 97.8. The van der Waals surface area contributed by atoms with Crippen molar-refractivity contribution in [1.29, 1.82) is 0 Å². The lowest BCUT2D eigenvalue weighted by atomic mass is 9.44. The zero-order valence-corrected chi connectivity index (χ0v) is 35.2. The molecule has 326 valence electrons. The lowest BCUT2D eigenvalue weighted by molar-refractivity contribution is -0.341. The normalized spacial score (nSPS) is 30.8. The van der Waals surface area contributed by atoms with Crippen molar-refractivity contribution in [2.75, 3.05) is 74.1 Å². The number of ketones is 1. The van der Waals surface area contributed by atoms with Crippen molar-refractivity contribution in [2.45, 2.75) is 110 Å². The fourth-order valence-electron chi connectivity index (χ4n) is 11.4. The number of hydrogen-bond donors (Lipinski definition) is 2. The standard InChI is InChI=1S/C41H70N4O12/c1-29(7-14-39(50)51)33-10-11-34-32-9-8-30-25-31(15-16-40(30,2)35(32)26-36(48)41(33,34)3)42-37(49)12-13-38(57-54-6)45(19-17-43(21-23-46)22-24-47)20-18-44(27-55-52-4)28-56-53-5/h23-24,29-35,38H,7-22,25-28H2,1-6H3,(H,42,49)(H,50,51)/t29?,30-,31+,32?,33-,34?,35?,38-,40+,41-/m1/s1. The molecule has 16 heteroatoms. The van der Waals surface area contributed by atoms with Gasteiger partial charge >= 0.3 is 5.97 Å². The Bertz CT molecular complexity index is 1290. The van der Waals surface area contributed by atoms with Gasteiger partial charge in [0.25, 0.3) is 0 Å². The van der Waals surface area contributed by atoms with Crippen molar-refractivity contribution < 1.29 is 58.4 Å². The maximum Gasteiger partial charge on any atom is 0.303 e. The van der Waals surface area contributed by atoms with Crippen LogP contribution in [0.3, 0.4) is 0 Å². The summed E-state index contributed by atoms with van der Waals surface area (Å²) in [6.45, 7) is 8.85. The fraction of sp³-hybridized carbons (Fsp3) is 0.878. The quantitative estimate of drug-likeness (QED) is 0.0528. The van der Waals surface area contributed by atoms with Gasteiger partial charge in [-0.2, -0.15) is 0 Å². The van der Waals surface area contributed by atoms with Gasteiger partial charge in [-0.1, -0.05) is 20.8 Å². The Morgan fingerprint density at radius 3 is 2.14 bits per heavy atom. The predicted octanol–water partition coefficient (Wildman–Crippen LogP) is 3.87. The number of hydrogen-bond acceptors (Lipinski definition) is 14. The Morgan fingerprint density at radius 1 is 0.860 bits per heavy atom. The van der Waals surface area contributed by atoms with Gasteiger partial charge in [0.2, 0.25) is 5.91 Å². The molecule has 57 heavy (non-hydrogen) atoms. The number of carboxylic acids is 1. The minimum absolute atomic E-state index is 0.0457. The van der Waals surface area contributed by atoms with E-state index in [9.17, 15) is 29.1 Å². The van der Waals surface area contributed by atoms with Crippen molar-refractivity contribution in [3.63, 3.8) is 0 Å². The molecule has 0 aromatic heterocycles. The van der Waals surface area contributed by atoms with Crippen LogP contribution in [0, 0.1) is 46.3 Å². The first-order valence-electron chi connectivity index (χ1n) is 21.0. The van der Waals surface area contributed by atoms with Crippen LogP contribution in [0.2, 0.25) is 0 Å². The van der Waals surface area contributed by atoms with E-state index in [1.807, 2.05) is 4.90 Å². The van der Waals surface area contributed by atoms with Gasteiger partial charge in [0, 0.05) is 56.9 Å². The summed E-state index contributed by atoms with van der Waals surface area (Å²) < 4.78 is 0. The van der Waals surface area contributed by atoms with Gasteiger partial charge < -0.3 is 20.0 Å². The Labute approximate surface area is 338 Å². The van der Waals surface area contributed by atoms with Crippen LogP contribution in [-0.4, -0.2) is 136 Å². The zero-order valence-electron chi connectivity index (χ0n) is 35.2. The molecule has 16 nitrogen and oxygen atoms in total. The third-order valence-electron chi connectivity index (χ3n) is 14.5. The molecule has 10 atom stereocenters. The number of Topliss-reactive ketones (excluding diaryl/α,β-unsaturated/α-hetero) is 1.